The van der Waals surface area contributed by atoms with Gasteiger partial charge in [0.25, 0.3) is 0 Å². The highest BCUT2D eigenvalue weighted by atomic mass is 35.5. The first-order valence-corrected chi connectivity index (χ1v) is 6.18. The molecule has 0 aromatic heterocycles. The molecule has 1 saturated heterocycles. The van der Waals surface area contributed by atoms with Crippen LogP contribution in [0.3, 0.4) is 0 Å². The summed E-state index contributed by atoms with van der Waals surface area (Å²) in [5.41, 5.74) is 2.87. The van der Waals surface area contributed by atoms with Gasteiger partial charge in [-0.05, 0) is 31.9 Å². The van der Waals surface area contributed by atoms with Crippen molar-refractivity contribution in [1.29, 1.82) is 0 Å². The maximum absolute atomic E-state index is 3.57. The monoisotopic (exact) mass is 254 g/mol. The molecule has 3 heteroatoms. The van der Waals surface area contributed by atoms with Gasteiger partial charge in [0.15, 0.2) is 0 Å². The number of hydrogen-bond acceptors (Lipinski definition) is 2. The van der Waals surface area contributed by atoms with Crippen molar-refractivity contribution in [3.8, 4) is 0 Å². The number of hydrogen-bond donors (Lipinski definition) is 1. The summed E-state index contributed by atoms with van der Waals surface area (Å²) in [5, 5.41) is 3.57. The van der Waals surface area contributed by atoms with Crippen LogP contribution in [-0.4, -0.2) is 30.1 Å². The molecule has 0 bridgehead atoms. The third kappa shape index (κ3) is 3.98. The fourth-order valence-corrected chi connectivity index (χ4v) is 2.60. The Morgan fingerprint density at radius 1 is 1.18 bits per heavy atom. The number of rotatable bonds is 2. The van der Waals surface area contributed by atoms with Crippen LogP contribution in [0.4, 0.5) is 0 Å². The third-order valence-corrected chi connectivity index (χ3v) is 3.29. The Labute approximate surface area is 111 Å². The molecule has 96 valence electrons. The molecular weight excluding hydrogens is 232 g/mol. The molecule has 17 heavy (non-hydrogen) atoms. The van der Waals surface area contributed by atoms with Gasteiger partial charge in [0, 0.05) is 31.7 Å². The Morgan fingerprint density at radius 3 is 2.35 bits per heavy atom. The van der Waals surface area contributed by atoms with Crippen LogP contribution in [-0.2, 0) is 6.54 Å². The number of halogens is 1. The van der Waals surface area contributed by atoms with Crippen LogP contribution < -0.4 is 5.32 Å². The molecule has 1 aliphatic heterocycles. The lowest BCUT2D eigenvalue weighted by atomic mass is 10.1. The second kappa shape index (κ2) is 6.39. The van der Waals surface area contributed by atoms with Crippen molar-refractivity contribution >= 4 is 12.4 Å². The van der Waals surface area contributed by atoms with Crippen molar-refractivity contribution in [2.45, 2.75) is 39.4 Å². The van der Waals surface area contributed by atoms with Gasteiger partial charge in [-0.1, -0.05) is 24.3 Å². The molecule has 1 aliphatic rings. The summed E-state index contributed by atoms with van der Waals surface area (Å²) in [6.45, 7) is 10.1. The molecule has 0 aliphatic carbocycles. The lowest BCUT2D eigenvalue weighted by Crippen LogP contribution is -2.53. The minimum absolute atomic E-state index is 0. The van der Waals surface area contributed by atoms with E-state index in [4.69, 9.17) is 0 Å². The highest BCUT2D eigenvalue weighted by molar-refractivity contribution is 5.85. The second-order valence-corrected chi connectivity index (χ2v) is 5.09. The van der Waals surface area contributed by atoms with Crippen molar-refractivity contribution in [2.24, 2.45) is 0 Å². The Balaban J connectivity index is 0.00000144. The lowest BCUT2D eigenvalue weighted by Gasteiger charge is -2.36. The SMILES string of the molecule is Cc1ccccc1CN1CC(C)NC(C)C1.Cl. The first-order chi connectivity index (χ1) is 7.65. The average molecular weight is 255 g/mol. The molecule has 2 atom stereocenters. The van der Waals surface area contributed by atoms with Crippen LogP contribution in [0.2, 0.25) is 0 Å². The summed E-state index contributed by atoms with van der Waals surface area (Å²) in [7, 11) is 0. The maximum atomic E-state index is 3.57. The van der Waals surface area contributed by atoms with Crippen LogP contribution >= 0.6 is 12.4 Å². The quantitative estimate of drug-likeness (QED) is 0.873. The topological polar surface area (TPSA) is 15.3 Å². The zero-order valence-electron chi connectivity index (χ0n) is 10.9. The molecule has 1 N–H and O–H groups in total. The fraction of sp³-hybridized carbons (Fsp3) is 0.571. The van der Waals surface area contributed by atoms with E-state index in [0.717, 1.165) is 19.6 Å². The largest absolute Gasteiger partial charge is 0.309 e. The van der Waals surface area contributed by atoms with Gasteiger partial charge in [0.1, 0.15) is 0 Å². The summed E-state index contributed by atoms with van der Waals surface area (Å²) in [5.74, 6) is 0. The Bertz CT molecular complexity index is 344. The number of benzene rings is 1. The van der Waals surface area contributed by atoms with E-state index in [9.17, 15) is 0 Å². The summed E-state index contributed by atoms with van der Waals surface area (Å²) in [4.78, 5) is 2.55. The molecule has 1 heterocycles. The van der Waals surface area contributed by atoms with Gasteiger partial charge in [0.05, 0.1) is 0 Å². The predicted molar refractivity (Wildman–Crippen MR) is 75.8 cm³/mol. The van der Waals surface area contributed by atoms with Crippen LogP contribution in [0, 0.1) is 6.92 Å². The Morgan fingerprint density at radius 2 is 1.76 bits per heavy atom. The van der Waals surface area contributed by atoms with Crippen LogP contribution in [0.15, 0.2) is 24.3 Å². The van der Waals surface area contributed by atoms with E-state index >= 15 is 0 Å². The van der Waals surface area contributed by atoms with E-state index in [0.29, 0.717) is 12.1 Å². The van der Waals surface area contributed by atoms with Gasteiger partial charge < -0.3 is 5.32 Å². The second-order valence-electron chi connectivity index (χ2n) is 5.09. The van der Waals surface area contributed by atoms with E-state index < -0.39 is 0 Å². The fourth-order valence-electron chi connectivity index (χ4n) is 2.60. The van der Waals surface area contributed by atoms with Crippen molar-refractivity contribution in [2.75, 3.05) is 13.1 Å². The molecule has 1 aromatic rings. The van der Waals surface area contributed by atoms with E-state index in [1.54, 1.807) is 0 Å². The van der Waals surface area contributed by atoms with Crippen molar-refractivity contribution in [3.05, 3.63) is 35.4 Å². The lowest BCUT2D eigenvalue weighted by molar-refractivity contribution is 0.166. The summed E-state index contributed by atoms with van der Waals surface area (Å²) in [6.07, 6.45) is 0. The summed E-state index contributed by atoms with van der Waals surface area (Å²) < 4.78 is 0. The standard InChI is InChI=1S/C14H22N2.ClH/c1-11-6-4-5-7-14(11)10-16-8-12(2)15-13(3)9-16;/h4-7,12-13,15H,8-10H2,1-3H3;1H. The maximum Gasteiger partial charge on any atom is 0.0237 e. The zero-order valence-corrected chi connectivity index (χ0v) is 11.8. The molecule has 2 nitrogen and oxygen atoms in total. The molecule has 0 spiro atoms. The molecule has 1 fully saturated rings. The molecule has 0 radical (unpaired) electrons. The smallest absolute Gasteiger partial charge is 0.0237 e. The van der Waals surface area contributed by atoms with Gasteiger partial charge >= 0.3 is 0 Å². The number of aryl methyl sites for hydroxylation is 1. The zero-order chi connectivity index (χ0) is 11.5. The average Bonchev–Trinajstić information content (AvgIpc) is 2.20. The highest BCUT2D eigenvalue weighted by Gasteiger charge is 2.20. The molecule has 2 rings (SSSR count). The van der Waals surface area contributed by atoms with Crippen molar-refractivity contribution < 1.29 is 0 Å². The molecular formula is C14H23ClN2. The number of nitrogens with zero attached hydrogens (tertiary/aromatic N) is 1. The van der Waals surface area contributed by atoms with Gasteiger partial charge in [0.2, 0.25) is 0 Å². The van der Waals surface area contributed by atoms with Crippen molar-refractivity contribution in [1.82, 2.24) is 10.2 Å². The Kier molecular flexibility index (Phi) is 5.44. The first-order valence-electron chi connectivity index (χ1n) is 6.18. The number of nitrogens with one attached hydrogen (secondary N) is 1. The molecule has 2 unspecified atom stereocenters. The highest BCUT2D eigenvalue weighted by Crippen LogP contribution is 2.13. The molecule has 0 amide bonds. The molecule has 0 saturated carbocycles. The van der Waals surface area contributed by atoms with E-state index in [2.05, 4.69) is 55.3 Å². The van der Waals surface area contributed by atoms with E-state index in [1.807, 2.05) is 0 Å². The third-order valence-electron chi connectivity index (χ3n) is 3.29. The molecule has 1 aromatic carbocycles. The summed E-state index contributed by atoms with van der Waals surface area (Å²) >= 11 is 0. The van der Waals surface area contributed by atoms with E-state index in [-0.39, 0.29) is 12.4 Å². The van der Waals surface area contributed by atoms with Crippen molar-refractivity contribution in [3.63, 3.8) is 0 Å². The predicted octanol–water partition coefficient (Wildman–Crippen LogP) is 2.60. The van der Waals surface area contributed by atoms with E-state index in [1.165, 1.54) is 11.1 Å². The number of piperazine rings is 1. The van der Waals surface area contributed by atoms with Gasteiger partial charge in [-0.25, -0.2) is 0 Å². The van der Waals surface area contributed by atoms with Crippen LogP contribution in [0.1, 0.15) is 25.0 Å². The summed E-state index contributed by atoms with van der Waals surface area (Å²) in [6, 6.07) is 9.90. The normalized spacial score (nSPS) is 25.4. The van der Waals surface area contributed by atoms with Crippen LogP contribution in [0.5, 0.6) is 0 Å². The van der Waals surface area contributed by atoms with Crippen LogP contribution in [0.25, 0.3) is 0 Å². The minimum atomic E-state index is 0. The van der Waals surface area contributed by atoms with Gasteiger partial charge in [-0.3, -0.25) is 4.90 Å². The Hall–Kier alpha value is -0.570. The minimum Gasteiger partial charge on any atom is -0.309 e. The van der Waals surface area contributed by atoms with Gasteiger partial charge in [-0.2, -0.15) is 0 Å². The van der Waals surface area contributed by atoms with Gasteiger partial charge in [-0.15, -0.1) is 12.4 Å². The first kappa shape index (κ1) is 14.5.